The molecule has 6 nitrogen and oxygen atoms in total. The smallest absolute Gasteiger partial charge is 0.343 e. The average Bonchev–Trinajstić information content (AvgIpc) is 2.53. The largest absolute Gasteiger partial charge is 0.497 e. The fourth-order valence-corrected chi connectivity index (χ4v) is 1.71. The first-order valence-corrected chi connectivity index (χ1v) is 6.23. The standard InChI is InChI=1S/C15H16N2O4/c1-19-12-5-3-10(4-6-12)9-21-14-13(15(18)20-2)7-11(16)8-17-14/h3-8H,9,16H2,1-2H3. The highest BCUT2D eigenvalue weighted by molar-refractivity contribution is 5.92. The van der Waals surface area contributed by atoms with E-state index in [0.717, 1.165) is 11.3 Å². The van der Waals surface area contributed by atoms with Crippen LogP contribution in [0.4, 0.5) is 5.69 Å². The molecule has 0 radical (unpaired) electrons. The van der Waals surface area contributed by atoms with Crippen LogP contribution in [-0.4, -0.2) is 25.2 Å². The van der Waals surface area contributed by atoms with E-state index in [2.05, 4.69) is 9.72 Å². The molecule has 0 spiro atoms. The summed E-state index contributed by atoms with van der Waals surface area (Å²) in [5.41, 5.74) is 7.11. The molecule has 0 aliphatic carbocycles. The highest BCUT2D eigenvalue weighted by Gasteiger charge is 2.15. The molecule has 2 N–H and O–H groups in total. The summed E-state index contributed by atoms with van der Waals surface area (Å²) in [6.45, 7) is 0.269. The number of carbonyl (C=O) groups is 1. The van der Waals surface area contributed by atoms with Gasteiger partial charge in [-0.15, -0.1) is 0 Å². The second-order valence-corrected chi connectivity index (χ2v) is 4.25. The van der Waals surface area contributed by atoms with E-state index >= 15 is 0 Å². The summed E-state index contributed by atoms with van der Waals surface area (Å²) in [6.07, 6.45) is 1.43. The molecule has 0 aliphatic rings. The van der Waals surface area contributed by atoms with E-state index in [1.807, 2.05) is 24.3 Å². The molecule has 0 fully saturated rings. The molecule has 21 heavy (non-hydrogen) atoms. The van der Waals surface area contributed by atoms with E-state index in [1.54, 1.807) is 7.11 Å². The first-order chi connectivity index (χ1) is 10.1. The number of nitrogen functional groups attached to an aromatic ring is 1. The van der Waals surface area contributed by atoms with Gasteiger partial charge >= 0.3 is 5.97 Å². The maximum Gasteiger partial charge on any atom is 0.343 e. The van der Waals surface area contributed by atoms with Gasteiger partial charge in [-0.05, 0) is 23.8 Å². The van der Waals surface area contributed by atoms with Crippen molar-refractivity contribution in [2.75, 3.05) is 20.0 Å². The number of aromatic nitrogens is 1. The third kappa shape index (κ3) is 3.62. The van der Waals surface area contributed by atoms with Crippen molar-refractivity contribution in [3.8, 4) is 11.6 Å². The zero-order valence-electron chi connectivity index (χ0n) is 11.8. The van der Waals surface area contributed by atoms with E-state index in [4.69, 9.17) is 15.2 Å². The van der Waals surface area contributed by atoms with Crippen molar-refractivity contribution < 1.29 is 19.0 Å². The van der Waals surface area contributed by atoms with E-state index in [-0.39, 0.29) is 18.1 Å². The summed E-state index contributed by atoms with van der Waals surface area (Å²) < 4.78 is 15.3. The summed E-state index contributed by atoms with van der Waals surface area (Å²) in [4.78, 5) is 15.7. The van der Waals surface area contributed by atoms with Gasteiger partial charge in [0, 0.05) is 0 Å². The highest BCUT2D eigenvalue weighted by Crippen LogP contribution is 2.20. The van der Waals surface area contributed by atoms with Gasteiger partial charge in [0.15, 0.2) is 0 Å². The zero-order valence-corrected chi connectivity index (χ0v) is 11.8. The lowest BCUT2D eigenvalue weighted by Crippen LogP contribution is -2.08. The lowest BCUT2D eigenvalue weighted by Gasteiger charge is -2.10. The Morgan fingerprint density at radius 3 is 2.57 bits per heavy atom. The van der Waals surface area contributed by atoms with Crippen molar-refractivity contribution in [2.24, 2.45) is 0 Å². The molecule has 2 rings (SSSR count). The third-order valence-corrected chi connectivity index (χ3v) is 2.81. The first-order valence-electron chi connectivity index (χ1n) is 6.23. The number of ether oxygens (including phenoxy) is 3. The number of benzene rings is 1. The Bertz CT molecular complexity index is 626. The van der Waals surface area contributed by atoms with Crippen LogP contribution in [-0.2, 0) is 11.3 Å². The lowest BCUT2D eigenvalue weighted by molar-refractivity contribution is 0.0594. The number of hydrogen-bond donors (Lipinski definition) is 1. The Kier molecular flexibility index (Phi) is 4.61. The molecule has 110 valence electrons. The molecule has 0 saturated heterocycles. The molecule has 6 heteroatoms. The summed E-state index contributed by atoms with van der Waals surface area (Å²) in [6, 6.07) is 8.87. The second-order valence-electron chi connectivity index (χ2n) is 4.25. The Balaban J connectivity index is 2.13. The average molecular weight is 288 g/mol. The number of rotatable bonds is 5. The Labute approximate surface area is 122 Å². The molecule has 0 bridgehead atoms. The van der Waals surface area contributed by atoms with Crippen molar-refractivity contribution in [3.63, 3.8) is 0 Å². The number of esters is 1. The zero-order chi connectivity index (χ0) is 15.2. The van der Waals surface area contributed by atoms with Crippen LogP contribution in [0.15, 0.2) is 36.5 Å². The van der Waals surface area contributed by atoms with E-state index in [1.165, 1.54) is 19.4 Å². The molecule has 0 atom stereocenters. The summed E-state index contributed by atoms with van der Waals surface area (Å²) in [5, 5.41) is 0. The molecular weight excluding hydrogens is 272 g/mol. The van der Waals surface area contributed by atoms with Crippen LogP contribution < -0.4 is 15.2 Å². The molecule has 0 unspecified atom stereocenters. The van der Waals surface area contributed by atoms with Crippen LogP contribution in [0.1, 0.15) is 15.9 Å². The van der Waals surface area contributed by atoms with Gasteiger partial charge in [-0.1, -0.05) is 12.1 Å². The minimum Gasteiger partial charge on any atom is -0.497 e. The number of hydrogen-bond acceptors (Lipinski definition) is 6. The quantitative estimate of drug-likeness (QED) is 0.848. The van der Waals surface area contributed by atoms with Crippen LogP contribution in [0, 0.1) is 0 Å². The molecule has 0 aliphatic heterocycles. The second kappa shape index (κ2) is 6.60. The third-order valence-electron chi connectivity index (χ3n) is 2.81. The Hall–Kier alpha value is -2.76. The van der Waals surface area contributed by atoms with Gasteiger partial charge in [0.1, 0.15) is 17.9 Å². The molecule has 1 heterocycles. The van der Waals surface area contributed by atoms with Crippen LogP contribution in [0.2, 0.25) is 0 Å². The fourth-order valence-electron chi connectivity index (χ4n) is 1.71. The minimum absolute atomic E-state index is 0.187. The summed E-state index contributed by atoms with van der Waals surface area (Å²) in [5.74, 6) is 0.408. The van der Waals surface area contributed by atoms with Crippen molar-refractivity contribution >= 4 is 11.7 Å². The van der Waals surface area contributed by atoms with Crippen LogP contribution in [0.25, 0.3) is 0 Å². The van der Waals surface area contributed by atoms with Gasteiger partial charge in [0.25, 0.3) is 0 Å². The number of anilines is 1. The maximum atomic E-state index is 11.7. The van der Waals surface area contributed by atoms with Crippen molar-refractivity contribution in [3.05, 3.63) is 47.7 Å². The normalized spacial score (nSPS) is 10.0. The summed E-state index contributed by atoms with van der Waals surface area (Å²) >= 11 is 0. The Morgan fingerprint density at radius 2 is 1.95 bits per heavy atom. The lowest BCUT2D eigenvalue weighted by atomic mass is 10.2. The molecule has 2 aromatic rings. The van der Waals surface area contributed by atoms with E-state index in [9.17, 15) is 4.79 Å². The van der Waals surface area contributed by atoms with Gasteiger partial charge in [0.05, 0.1) is 26.1 Å². The minimum atomic E-state index is -0.542. The number of nitrogens with two attached hydrogens (primary N) is 1. The molecule has 1 aromatic carbocycles. The van der Waals surface area contributed by atoms with Crippen LogP contribution >= 0.6 is 0 Å². The number of pyridine rings is 1. The number of methoxy groups -OCH3 is 2. The first kappa shape index (κ1) is 14.6. The van der Waals surface area contributed by atoms with Gasteiger partial charge in [-0.2, -0.15) is 0 Å². The van der Waals surface area contributed by atoms with Crippen molar-refractivity contribution in [1.29, 1.82) is 0 Å². The van der Waals surface area contributed by atoms with Crippen molar-refractivity contribution in [1.82, 2.24) is 4.98 Å². The van der Waals surface area contributed by atoms with Crippen LogP contribution in [0.5, 0.6) is 11.6 Å². The molecule has 0 amide bonds. The predicted octanol–water partition coefficient (Wildman–Crippen LogP) is 2.04. The maximum absolute atomic E-state index is 11.7. The Morgan fingerprint density at radius 1 is 1.24 bits per heavy atom. The monoisotopic (exact) mass is 288 g/mol. The van der Waals surface area contributed by atoms with Crippen molar-refractivity contribution in [2.45, 2.75) is 6.61 Å². The predicted molar refractivity (Wildman–Crippen MR) is 77.3 cm³/mol. The number of carbonyl (C=O) groups excluding carboxylic acids is 1. The van der Waals surface area contributed by atoms with Crippen LogP contribution in [0.3, 0.4) is 0 Å². The number of nitrogens with zero attached hydrogens (tertiary/aromatic N) is 1. The van der Waals surface area contributed by atoms with E-state index < -0.39 is 5.97 Å². The van der Waals surface area contributed by atoms with Gasteiger partial charge in [0.2, 0.25) is 5.88 Å². The highest BCUT2D eigenvalue weighted by atomic mass is 16.5. The SMILES string of the molecule is COC(=O)c1cc(N)cnc1OCc1ccc(OC)cc1. The fraction of sp³-hybridized carbons (Fsp3) is 0.200. The topological polar surface area (TPSA) is 83.7 Å². The van der Waals surface area contributed by atoms with Gasteiger partial charge in [-0.25, -0.2) is 9.78 Å². The molecular formula is C15H16N2O4. The molecule has 0 saturated carbocycles. The molecule has 1 aromatic heterocycles. The van der Waals surface area contributed by atoms with Gasteiger partial charge < -0.3 is 19.9 Å². The van der Waals surface area contributed by atoms with Gasteiger partial charge in [-0.3, -0.25) is 0 Å². The van der Waals surface area contributed by atoms with E-state index in [0.29, 0.717) is 5.69 Å². The summed E-state index contributed by atoms with van der Waals surface area (Å²) in [7, 11) is 2.89.